The van der Waals surface area contributed by atoms with Crippen molar-refractivity contribution in [3.05, 3.63) is 5.57 Å². The van der Waals surface area contributed by atoms with Gasteiger partial charge in [-0.15, -0.1) is 12.6 Å². The fourth-order valence-corrected chi connectivity index (χ4v) is 0.677. The number of thiocarbonyl (C=S) groups is 1. The van der Waals surface area contributed by atoms with Gasteiger partial charge in [-0.2, -0.15) is 0 Å². The Morgan fingerprint density at radius 2 is 2.36 bits per heavy atom. The summed E-state index contributed by atoms with van der Waals surface area (Å²) in [6.45, 7) is 1.92. The first-order chi connectivity index (χ1) is 5.13. The van der Waals surface area contributed by atoms with Crippen LogP contribution in [0.5, 0.6) is 0 Å². The predicted octanol–water partition coefficient (Wildman–Crippen LogP) is 0.982. The van der Waals surface area contributed by atoms with Crippen LogP contribution < -0.4 is 0 Å². The minimum atomic E-state index is -0.650. The molecule has 1 N–H and O–H groups in total. The van der Waals surface area contributed by atoms with E-state index in [9.17, 15) is 4.79 Å². The Morgan fingerprint density at radius 3 is 2.64 bits per heavy atom. The Morgan fingerprint density at radius 1 is 1.82 bits per heavy atom. The van der Waals surface area contributed by atoms with Gasteiger partial charge in [0.25, 0.3) is 0 Å². The molecule has 0 aliphatic rings. The lowest BCUT2D eigenvalue weighted by Crippen LogP contribution is -2.11. The molecular weight excluding hydrogens is 182 g/mol. The monoisotopic (exact) mass is 189 g/mol. The van der Waals surface area contributed by atoms with Crippen molar-refractivity contribution >= 4 is 40.9 Å². The van der Waals surface area contributed by atoms with E-state index in [0.717, 1.165) is 0 Å². The van der Waals surface area contributed by atoms with E-state index in [2.05, 4.69) is 29.6 Å². The van der Waals surface area contributed by atoms with Crippen LogP contribution in [0.25, 0.3) is 0 Å². The van der Waals surface area contributed by atoms with E-state index in [1.807, 2.05) is 5.87 Å². The number of esters is 1. The molecule has 0 atom stereocenters. The maximum atomic E-state index is 10.8. The lowest BCUT2D eigenvalue weighted by Gasteiger charge is -1.99. The Bertz CT molecular complexity index is 231. The van der Waals surface area contributed by atoms with E-state index in [1.54, 1.807) is 6.92 Å². The molecule has 0 aromatic carbocycles. The van der Waals surface area contributed by atoms with E-state index in [-0.39, 0.29) is 16.4 Å². The maximum Gasteiger partial charge on any atom is 0.349 e. The summed E-state index contributed by atoms with van der Waals surface area (Å²) in [5, 5.41) is 6.67. The van der Waals surface area contributed by atoms with Crippen LogP contribution in [0.1, 0.15) is 6.92 Å². The zero-order valence-electron chi connectivity index (χ0n) is 5.88. The van der Waals surface area contributed by atoms with Gasteiger partial charge in [0.05, 0.1) is 10.8 Å². The van der Waals surface area contributed by atoms with E-state index in [4.69, 9.17) is 5.41 Å². The summed E-state index contributed by atoms with van der Waals surface area (Å²) in [7, 11) is 0. The van der Waals surface area contributed by atoms with Gasteiger partial charge in [0.15, 0.2) is 0 Å². The molecule has 0 unspecified atom stereocenters. The molecule has 0 aromatic heterocycles. The molecule has 0 amide bonds. The van der Waals surface area contributed by atoms with Crippen molar-refractivity contribution in [3.8, 4) is 0 Å². The zero-order valence-corrected chi connectivity index (χ0v) is 7.59. The molecule has 0 radical (unpaired) electrons. The summed E-state index contributed by atoms with van der Waals surface area (Å²) in [4.78, 5) is 10.8. The molecular formula is C6H7NO2S2. The first kappa shape index (κ1) is 10.4. The van der Waals surface area contributed by atoms with Crippen molar-refractivity contribution in [1.82, 2.24) is 0 Å². The van der Waals surface area contributed by atoms with Crippen LogP contribution in [0, 0.1) is 5.41 Å². The Hall–Kier alpha value is -0.640. The van der Waals surface area contributed by atoms with Gasteiger partial charge in [-0.1, -0.05) is 12.2 Å². The van der Waals surface area contributed by atoms with Crippen LogP contribution >= 0.6 is 24.8 Å². The number of thiol groups is 1. The van der Waals surface area contributed by atoms with E-state index < -0.39 is 5.97 Å². The third kappa shape index (κ3) is 3.32. The average Bonchev–Trinajstić information content (AvgIpc) is 1.88. The summed E-state index contributed by atoms with van der Waals surface area (Å²) >= 11 is 8.27. The van der Waals surface area contributed by atoms with Crippen molar-refractivity contribution < 1.29 is 9.53 Å². The van der Waals surface area contributed by atoms with Crippen LogP contribution in [0.3, 0.4) is 0 Å². The van der Waals surface area contributed by atoms with Crippen LogP contribution in [0.2, 0.25) is 0 Å². The zero-order chi connectivity index (χ0) is 8.85. The number of ether oxygens (including phenoxy) is 1. The quantitative estimate of drug-likeness (QED) is 0.229. The summed E-state index contributed by atoms with van der Waals surface area (Å²) in [5.41, 5.74) is -0.106. The first-order valence-corrected chi connectivity index (χ1v) is 3.69. The molecule has 0 aliphatic heterocycles. The van der Waals surface area contributed by atoms with Crippen molar-refractivity contribution in [1.29, 1.82) is 5.41 Å². The fraction of sp³-hybridized carbons (Fsp3) is 0.333. The minimum absolute atomic E-state index is 0.0263. The summed E-state index contributed by atoms with van der Waals surface area (Å²) in [5.74, 6) is 1.21. The van der Waals surface area contributed by atoms with Gasteiger partial charge >= 0.3 is 5.97 Å². The molecule has 0 spiro atoms. The highest BCUT2D eigenvalue weighted by Crippen LogP contribution is 2.00. The second-order valence-electron chi connectivity index (χ2n) is 1.53. The number of hydrogen-bond donors (Lipinski definition) is 2. The van der Waals surface area contributed by atoms with Gasteiger partial charge in [-0.25, -0.2) is 4.79 Å². The lowest BCUT2D eigenvalue weighted by molar-refractivity contribution is -0.137. The molecule has 3 nitrogen and oxygen atoms in total. The molecule has 0 bridgehead atoms. The fourth-order valence-electron chi connectivity index (χ4n) is 0.395. The third-order valence-corrected chi connectivity index (χ3v) is 1.25. The van der Waals surface area contributed by atoms with E-state index >= 15 is 0 Å². The summed E-state index contributed by atoms with van der Waals surface area (Å²) < 4.78 is 4.59. The second-order valence-corrected chi connectivity index (χ2v) is 2.68. The first-order valence-electron chi connectivity index (χ1n) is 2.83. The Kier molecular flexibility index (Phi) is 4.77. The Balaban J connectivity index is 4.42. The number of carbonyl (C=O) groups is 1. The van der Waals surface area contributed by atoms with Crippen molar-refractivity contribution in [2.45, 2.75) is 6.92 Å². The molecule has 0 fully saturated rings. The molecule has 0 saturated carbocycles. The SMILES string of the molecule is CCOC(=O)C(=C=N)C(=S)S. The second kappa shape index (κ2) is 5.07. The van der Waals surface area contributed by atoms with Crippen molar-refractivity contribution in [2.24, 2.45) is 0 Å². The van der Waals surface area contributed by atoms with Crippen LogP contribution in [0.15, 0.2) is 5.57 Å². The lowest BCUT2D eigenvalue weighted by atomic mass is 10.3. The highest BCUT2D eigenvalue weighted by molar-refractivity contribution is 8.12. The van der Waals surface area contributed by atoms with Crippen molar-refractivity contribution in [2.75, 3.05) is 6.61 Å². The molecule has 60 valence electrons. The predicted molar refractivity (Wildman–Crippen MR) is 49.5 cm³/mol. The maximum absolute atomic E-state index is 10.8. The van der Waals surface area contributed by atoms with Gasteiger partial charge in [0, 0.05) is 0 Å². The smallest absolute Gasteiger partial charge is 0.349 e. The summed E-state index contributed by atoms with van der Waals surface area (Å²) in [6.07, 6.45) is 0. The molecule has 0 saturated heterocycles. The van der Waals surface area contributed by atoms with Crippen LogP contribution in [0.4, 0.5) is 0 Å². The van der Waals surface area contributed by atoms with E-state index in [0.29, 0.717) is 0 Å². The normalized spacial score (nSPS) is 8.18. The molecule has 0 aromatic rings. The summed E-state index contributed by atoms with van der Waals surface area (Å²) in [6, 6.07) is 0. The number of carbonyl (C=O) groups excluding carboxylic acids is 1. The molecule has 0 rings (SSSR count). The van der Waals surface area contributed by atoms with Gasteiger partial charge in [0.1, 0.15) is 5.57 Å². The van der Waals surface area contributed by atoms with Crippen LogP contribution in [-0.2, 0) is 9.53 Å². The van der Waals surface area contributed by atoms with Gasteiger partial charge in [-0.3, -0.25) is 5.41 Å². The molecule has 11 heavy (non-hydrogen) atoms. The minimum Gasteiger partial charge on any atom is -0.462 e. The topological polar surface area (TPSA) is 50.2 Å². The van der Waals surface area contributed by atoms with Gasteiger partial charge in [0.2, 0.25) is 0 Å². The third-order valence-electron chi connectivity index (χ3n) is 0.818. The number of hydrogen-bond acceptors (Lipinski definition) is 4. The molecule has 0 aliphatic carbocycles. The molecule has 0 heterocycles. The van der Waals surface area contributed by atoms with E-state index in [1.165, 1.54) is 0 Å². The van der Waals surface area contributed by atoms with Crippen molar-refractivity contribution in [3.63, 3.8) is 0 Å². The largest absolute Gasteiger partial charge is 0.462 e. The molecule has 5 heteroatoms. The number of nitrogens with one attached hydrogen (secondary N) is 1. The number of rotatable bonds is 3. The van der Waals surface area contributed by atoms with Gasteiger partial charge < -0.3 is 4.74 Å². The highest BCUT2D eigenvalue weighted by atomic mass is 32.1. The standard InChI is InChI=1S/C6H7NO2S2/c1-2-9-5(8)4(3-7)6(10)11/h7H,2H2,1H3,(H,10,11). The van der Waals surface area contributed by atoms with Crippen LogP contribution in [-0.4, -0.2) is 22.6 Å². The van der Waals surface area contributed by atoms with Gasteiger partial charge in [-0.05, 0) is 12.8 Å². The highest BCUT2D eigenvalue weighted by Gasteiger charge is 2.12. The average molecular weight is 189 g/mol. The Labute approximate surface area is 75.3 Å².